The lowest BCUT2D eigenvalue weighted by atomic mass is 10.1. The van der Waals surface area contributed by atoms with E-state index in [4.69, 9.17) is 4.74 Å². The minimum Gasteiger partial charge on any atom is -0.493 e. The summed E-state index contributed by atoms with van der Waals surface area (Å²) < 4.78 is 31.9. The number of hydrogen-bond donors (Lipinski definition) is 1. The van der Waals surface area contributed by atoms with Gasteiger partial charge in [-0.25, -0.2) is 8.78 Å². The van der Waals surface area contributed by atoms with Crippen LogP contribution in [0.15, 0.2) is 60.8 Å². The van der Waals surface area contributed by atoms with Crippen LogP contribution in [0.1, 0.15) is 35.8 Å². The first-order valence-corrected chi connectivity index (χ1v) is 10.9. The second kappa shape index (κ2) is 9.04. The number of hydrogen-bond acceptors (Lipinski definition) is 4. The smallest absolute Gasteiger partial charge is 0.162 e. The zero-order valence-corrected chi connectivity index (χ0v) is 17.6. The summed E-state index contributed by atoms with van der Waals surface area (Å²) in [6.07, 6.45) is 4.64. The molecule has 0 radical (unpaired) electrons. The number of benzene rings is 2. The van der Waals surface area contributed by atoms with Gasteiger partial charge in [0.25, 0.3) is 0 Å². The van der Waals surface area contributed by atoms with Gasteiger partial charge in [0.2, 0.25) is 0 Å². The number of H-pyrrole nitrogens is 1. The second-order valence-electron chi connectivity index (χ2n) is 8.15. The van der Waals surface area contributed by atoms with Crippen molar-refractivity contribution < 1.29 is 13.5 Å². The zero-order chi connectivity index (χ0) is 21.9. The molecule has 4 aromatic rings. The third kappa shape index (κ3) is 4.48. The fraction of sp³-hybridized carbons (Fsp3) is 0.280. The second-order valence-corrected chi connectivity index (χ2v) is 8.15. The van der Waals surface area contributed by atoms with E-state index in [1.165, 1.54) is 11.6 Å². The Balaban J connectivity index is 1.21. The molecular weight excluding hydrogens is 410 g/mol. The number of aromatic amines is 1. The summed E-state index contributed by atoms with van der Waals surface area (Å²) in [5, 5.41) is 8.80. The fourth-order valence-electron chi connectivity index (χ4n) is 4.33. The summed E-state index contributed by atoms with van der Waals surface area (Å²) in [5.41, 5.74) is 4.28. The monoisotopic (exact) mass is 434 g/mol. The molecule has 1 fully saturated rings. The van der Waals surface area contributed by atoms with E-state index in [1.54, 1.807) is 0 Å². The first-order valence-electron chi connectivity index (χ1n) is 10.9. The van der Waals surface area contributed by atoms with Crippen LogP contribution in [0, 0.1) is 11.6 Å². The SMILES string of the molecule is Fc1ccc(OCCc2cc(C3CCCN3Cc3ccc4ncccc4c3)n[nH]2)cc1F. The van der Waals surface area contributed by atoms with Crippen LogP contribution in [0.4, 0.5) is 8.78 Å². The van der Waals surface area contributed by atoms with Gasteiger partial charge in [0.05, 0.1) is 23.9 Å². The molecule has 5 rings (SSSR count). The van der Waals surface area contributed by atoms with Crippen molar-refractivity contribution in [1.82, 2.24) is 20.1 Å². The molecule has 3 heterocycles. The molecule has 0 aliphatic carbocycles. The van der Waals surface area contributed by atoms with Crippen LogP contribution in [0.5, 0.6) is 5.75 Å². The van der Waals surface area contributed by atoms with Crippen molar-refractivity contribution in [3.63, 3.8) is 0 Å². The number of aromatic nitrogens is 3. The number of rotatable bonds is 7. The number of halogens is 2. The third-order valence-corrected chi connectivity index (χ3v) is 5.94. The first kappa shape index (κ1) is 20.6. The third-order valence-electron chi connectivity index (χ3n) is 5.94. The molecule has 164 valence electrons. The fourth-order valence-corrected chi connectivity index (χ4v) is 4.33. The first-order chi connectivity index (χ1) is 15.7. The van der Waals surface area contributed by atoms with E-state index >= 15 is 0 Å². The maximum atomic E-state index is 13.3. The van der Waals surface area contributed by atoms with Crippen molar-refractivity contribution in [3.05, 3.63) is 89.4 Å². The summed E-state index contributed by atoms with van der Waals surface area (Å²) in [5.74, 6) is -1.47. The highest BCUT2D eigenvalue weighted by Gasteiger charge is 2.28. The van der Waals surface area contributed by atoms with Gasteiger partial charge in [-0.05, 0) is 61.3 Å². The van der Waals surface area contributed by atoms with E-state index in [9.17, 15) is 8.78 Å². The van der Waals surface area contributed by atoms with Crippen molar-refractivity contribution in [2.75, 3.05) is 13.2 Å². The molecule has 1 aliphatic rings. The molecule has 1 aliphatic heterocycles. The maximum Gasteiger partial charge on any atom is 0.162 e. The van der Waals surface area contributed by atoms with Crippen molar-refractivity contribution in [2.24, 2.45) is 0 Å². The van der Waals surface area contributed by atoms with E-state index in [2.05, 4.69) is 50.4 Å². The molecule has 1 N–H and O–H groups in total. The Morgan fingerprint density at radius 2 is 2.00 bits per heavy atom. The van der Waals surface area contributed by atoms with Gasteiger partial charge in [0.1, 0.15) is 5.75 Å². The highest BCUT2D eigenvalue weighted by Crippen LogP contribution is 2.32. The standard InChI is InChI=1S/C25H24F2N4O/c26-21-7-6-20(15-22(21)27)32-12-9-19-14-24(30-29-19)25-4-2-11-31(25)16-17-5-8-23-18(13-17)3-1-10-28-23/h1,3,5-8,10,13-15,25H,2,4,9,11-12,16H2,(H,29,30). The molecule has 32 heavy (non-hydrogen) atoms. The Hall–Kier alpha value is -3.32. The zero-order valence-electron chi connectivity index (χ0n) is 17.6. The Kier molecular flexibility index (Phi) is 5.81. The molecule has 1 saturated heterocycles. The lowest BCUT2D eigenvalue weighted by Crippen LogP contribution is -2.23. The van der Waals surface area contributed by atoms with Gasteiger partial charge in [-0.15, -0.1) is 0 Å². The molecule has 0 spiro atoms. The van der Waals surface area contributed by atoms with Crippen LogP contribution in [0.2, 0.25) is 0 Å². The van der Waals surface area contributed by atoms with Crippen LogP contribution in [0.25, 0.3) is 10.9 Å². The highest BCUT2D eigenvalue weighted by molar-refractivity contribution is 5.78. The Labute approximate surface area is 185 Å². The van der Waals surface area contributed by atoms with Gasteiger partial charge in [0, 0.05) is 36.3 Å². The van der Waals surface area contributed by atoms with Crippen LogP contribution < -0.4 is 4.74 Å². The molecule has 0 bridgehead atoms. The predicted molar refractivity (Wildman–Crippen MR) is 118 cm³/mol. The molecule has 0 amide bonds. The molecule has 1 unspecified atom stereocenters. The average molecular weight is 434 g/mol. The Bertz CT molecular complexity index is 1230. The van der Waals surface area contributed by atoms with E-state index in [0.717, 1.165) is 60.4 Å². The summed E-state index contributed by atoms with van der Waals surface area (Å²) in [7, 11) is 0. The maximum absolute atomic E-state index is 13.3. The average Bonchev–Trinajstić information content (AvgIpc) is 3.45. The summed E-state index contributed by atoms with van der Waals surface area (Å²) in [4.78, 5) is 6.87. The Morgan fingerprint density at radius 1 is 1.06 bits per heavy atom. The van der Waals surface area contributed by atoms with Crippen molar-refractivity contribution in [1.29, 1.82) is 0 Å². The van der Waals surface area contributed by atoms with Gasteiger partial charge < -0.3 is 4.74 Å². The minimum absolute atomic E-state index is 0.275. The molecule has 7 heteroatoms. The number of ether oxygens (including phenoxy) is 1. The number of likely N-dealkylation sites (tertiary alicyclic amines) is 1. The van der Waals surface area contributed by atoms with E-state index < -0.39 is 11.6 Å². The normalized spacial score (nSPS) is 16.6. The summed E-state index contributed by atoms with van der Waals surface area (Å²) in [6.45, 7) is 2.26. The Morgan fingerprint density at radius 3 is 2.91 bits per heavy atom. The summed E-state index contributed by atoms with van der Waals surface area (Å²) in [6, 6.07) is 16.4. The molecule has 2 aromatic carbocycles. The van der Waals surface area contributed by atoms with Gasteiger partial charge in [-0.3, -0.25) is 15.0 Å². The largest absolute Gasteiger partial charge is 0.493 e. The van der Waals surface area contributed by atoms with Gasteiger partial charge in [-0.1, -0.05) is 12.1 Å². The number of fused-ring (bicyclic) bond motifs is 1. The highest BCUT2D eigenvalue weighted by atomic mass is 19.2. The van der Waals surface area contributed by atoms with E-state index in [0.29, 0.717) is 18.8 Å². The van der Waals surface area contributed by atoms with Gasteiger partial charge >= 0.3 is 0 Å². The van der Waals surface area contributed by atoms with Crippen molar-refractivity contribution >= 4 is 10.9 Å². The molecule has 2 aromatic heterocycles. The molecule has 0 saturated carbocycles. The van der Waals surface area contributed by atoms with Crippen LogP contribution in [0.3, 0.4) is 0 Å². The van der Waals surface area contributed by atoms with E-state index in [1.807, 2.05) is 12.3 Å². The van der Waals surface area contributed by atoms with Crippen LogP contribution >= 0.6 is 0 Å². The molecule has 1 atom stereocenters. The number of pyridine rings is 1. The summed E-state index contributed by atoms with van der Waals surface area (Å²) >= 11 is 0. The van der Waals surface area contributed by atoms with Crippen LogP contribution in [-0.2, 0) is 13.0 Å². The number of nitrogens with one attached hydrogen (secondary N) is 1. The minimum atomic E-state index is -0.907. The van der Waals surface area contributed by atoms with Gasteiger partial charge in [-0.2, -0.15) is 5.10 Å². The van der Waals surface area contributed by atoms with E-state index in [-0.39, 0.29) is 6.04 Å². The molecule has 5 nitrogen and oxygen atoms in total. The predicted octanol–water partition coefficient (Wildman–Crippen LogP) is 5.19. The topological polar surface area (TPSA) is 54.0 Å². The lowest BCUT2D eigenvalue weighted by molar-refractivity contribution is 0.244. The molecular formula is C25H24F2N4O. The van der Waals surface area contributed by atoms with Crippen molar-refractivity contribution in [3.8, 4) is 5.75 Å². The van der Waals surface area contributed by atoms with Gasteiger partial charge in [0.15, 0.2) is 11.6 Å². The quantitative estimate of drug-likeness (QED) is 0.435. The van der Waals surface area contributed by atoms with Crippen molar-refractivity contribution in [2.45, 2.75) is 31.8 Å². The number of nitrogens with zero attached hydrogens (tertiary/aromatic N) is 3. The van der Waals surface area contributed by atoms with Crippen LogP contribution in [-0.4, -0.2) is 33.2 Å². The lowest BCUT2D eigenvalue weighted by Gasteiger charge is -2.23.